The van der Waals surface area contributed by atoms with Crippen LogP contribution in [0.15, 0.2) is 67.5 Å². The standard InChI is InChI=1S/C15H10O8S2/c16-13-12-10(7-4-8-11(12)24(17,18)19)23-14(15(13)25(20,21)22)9-5-2-1-3-6-9/h1-8H,(H,17,18,19)(H,20,21,22). The Kier molecular flexibility index (Phi) is 4.00. The number of fused-ring (bicyclic) bond motifs is 1. The van der Waals surface area contributed by atoms with E-state index in [9.17, 15) is 30.7 Å². The molecular weight excluding hydrogens is 372 g/mol. The molecule has 3 aromatic rings. The second kappa shape index (κ2) is 5.77. The van der Waals surface area contributed by atoms with E-state index in [1.54, 1.807) is 18.2 Å². The van der Waals surface area contributed by atoms with E-state index in [0.29, 0.717) is 0 Å². The van der Waals surface area contributed by atoms with Crippen molar-refractivity contribution < 1.29 is 30.4 Å². The summed E-state index contributed by atoms with van der Waals surface area (Å²) < 4.78 is 70.6. The topological polar surface area (TPSA) is 139 Å². The maximum absolute atomic E-state index is 12.7. The largest absolute Gasteiger partial charge is 0.454 e. The zero-order valence-electron chi connectivity index (χ0n) is 12.3. The molecule has 0 spiro atoms. The van der Waals surface area contributed by atoms with Crippen molar-refractivity contribution in [3.63, 3.8) is 0 Å². The van der Waals surface area contributed by atoms with Crippen LogP contribution in [-0.4, -0.2) is 25.9 Å². The molecule has 0 radical (unpaired) electrons. The van der Waals surface area contributed by atoms with E-state index >= 15 is 0 Å². The fraction of sp³-hybridized carbons (Fsp3) is 0. The molecule has 1 aromatic heterocycles. The van der Waals surface area contributed by atoms with Crippen molar-refractivity contribution >= 4 is 31.2 Å². The molecule has 0 amide bonds. The van der Waals surface area contributed by atoms with Gasteiger partial charge in [0.05, 0.1) is 5.39 Å². The maximum Gasteiger partial charge on any atom is 0.302 e. The zero-order valence-corrected chi connectivity index (χ0v) is 13.9. The summed E-state index contributed by atoms with van der Waals surface area (Å²) in [6, 6.07) is 11.0. The monoisotopic (exact) mass is 382 g/mol. The predicted molar refractivity (Wildman–Crippen MR) is 87.5 cm³/mol. The molecule has 8 nitrogen and oxygen atoms in total. The number of rotatable bonds is 3. The van der Waals surface area contributed by atoms with Crippen molar-refractivity contribution in [1.29, 1.82) is 0 Å². The van der Waals surface area contributed by atoms with Crippen LogP contribution in [0.2, 0.25) is 0 Å². The summed E-state index contributed by atoms with van der Waals surface area (Å²) in [5.74, 6) is -0.437. The minimum atomic E-state index is -5.05. The second-order valence-electron chi connectivity index (χ2n) is 5.03. The smallest absolute Gasteiger partial charge is 0.302 e. The highest BCUT2D eigenvalue weighted by molar-refractivity contribution is 7.86. The third-order valence-corrected chi connectivity index (χ3v) is 5.19. The van der Waals surface area contributed by atoms with Gasteiger partial charge in [0, 0.05) is 5.56 Å². The molecule has 0 atom stereocenters. The van der Waals surface area contributed by atoms with Crippen LogP contribution in [-0.2, 0) is 20.2 Å². The molecule has 0 aliphatic heterocycles. The van der Waals surface area contributed by atoms with Crippen LogP contribution in [0, 0.1) is 0 Å². The fourth-order valence-electron chi connectivity index (χ4n) is 2.42. The van der Waals surface area contributed by atoms with Crippen molar-refractivity contribution in [2.75, 3.05) is 0 Å². The first-order valence-corrected chi connectivity index (χ1v) is 9.59. The molecule has 25 heavy (non-hydrogen) atoms. The van der Waals surface area contributed by atoms with Crippen LogP contribution in [0.25, 0.3) is 22.3 Å². The number of hydrogen-bond donors (Lipinski definition) is 2. The lowest BCUT2D eigenvalue weighted by molar-refractivity contribution is 0.475. The van der Waals surface area contributed by atoms with E-state index in [2.05, 4.69) is 0 Å². The summed E-state index contributed by atoms with van der Waals surface area (Å²) in [7, 11) is -9.88. The van der Waals surface area contributed by atoms with Gasteiger partial charge in [0.15, 0.2) is 10.7 Å². The lowest BCUT2D eigenvalue weighted by Gasteiger charge is -2.09. The first kappa shape index (κ1) is 17.3. The molecular formula is C15H10O8S2. The van der Waals surface area contributed by atoms with Gasteiger partial charge in [-0.05, 0) is 12.1 Å². The average molecular weight is 382 g/mol. The third kappa shape index (κ3) is 3.07. The van der Waals surface area contributed by atoms with Gasteiger partial charge >= 0.3 is 10.1 Å². The highest BCUT2D eigenvalue weighted by atomic mass is 32.2. The van der Waals surface area contributed by atoms with Crippen molar-refractivity contribution in [3.05, 3.63) is 58.8 Å². The highest BCUT2D eigenvalue weighted by Gasteiger charge is 2.28. The quantitative estimate of drug-likeness (QED) is 0.655. The van der Waals surface area contributed by atoms with Crippen molar-refractivity contribution in [2.24, 2.45) is 0 Å². The zero-order chi connectivity index (χ0) is 18.4. The van der Waals surface area contributed by atoms with Crippen LogP contribution in [0.3, 0.4) is 0 Å². The maximum atomic E-state index is 12.7. The Labute approximate surface area is 141 Å². The van der Waals surface area contributed by atoms with Crippen LogP contribution in [0.1, 0.15) is 0 Å². The Balaban J connectivity index is 2.60. The van der Waals surface area contributed by atoms with Gasteiger partial charge in [-0.15, -0.1) is 0 Å². The van der Waals surface area contributed by atoms with Gasteiger partial charge in [-0.2, -0.15) is 16.8 Å². The Morgan fingerprint density at radius 2 is 1.44 bits per heavy atom. The van der Waals surface area contributed by atoms with Crippen LogP contribution in [0.5, 0.6) is 0 Å². The molecule has 0 aliphatic carbocycles. The summed E-state index contributed by atoms with van der Waals surface area (Å²) in [5, 5.41) is -0.669. The lowest BCUT2D eigenvalue weighted by atomic mass is 10.1. The predicted octanol–water partition coefficient (Wildman–Crippen LogP) is 1.95. The van der Waals surface area contributed by atoms with Gasteiger partial charge in [-0.3, -0.25) is 13.9 Å². The molecule has 2 N–H and O–H groups in total. The molecule has 0 saturated heterocycles. The van der Waals surface area contributed by atoms with Crippen molar-refractivity contribution in [1.82, 2.24) is 0 Å². The normalized spacial score (nSPS) is 12.4. The molecule has 0 aliphatic rings. The van der Waals surface area contributed by atoms with Gasteiger partial charge in [-0.1, -0.05) is 36.4 Å². The molecule has 3 rings (SSSR count). The average Bonchev–Trinajstić information content (AvgIpc) is 2.52. The van der Waals surface area contributed by atoms with E-state index in [0.717, 1.165) is 6.07 Å². The van der Waals surface area contributed by atoms with Crippen molar-refractivity contribution in [2.45, 2.75) is 9.79 Å². The fourth-order valence-corrected chi connectivity index (χ4v) is 3.85. The van der Waals surface area contributed by atoms with Gasteiger partial charge in [-0.25, -0.2) is 0 Å². The second-order valence-corrected chi connectivity index (χ2v) is 7.78. The Bertz CT molecular complexity index is 1240. The molecule has 10 heteroatoms. The minimum Gasteiger partial charge on any atom is -0.454 e. The third-order valence-electron chi connectivity index (χ3n) is 3.41. The van der Waals surface area contributed by atoms with Crippen LogP contribution >= 0.6 is 0 Å². The summed E-state index contributed by atoms with van der Waals surface area (Å²) in [5.41, 5.74) is -1.37. The number of hydrogen-bond acceptors (Lipinski definition) is 6. The van der Waals surface area contributed by atoms with E-state index in [1.165, 1.54) is 24.3 Å². The van der Waals surface area contributed by atoms with E-state index < -0.39 is 46.6 Å². The summed E-state index contributed by atoms with van der Waals surface area (Å²) in [4.78, 5) is 10.7. The van der Waals surface area contributed by atoms with Gasteiger partial charge in [0.25, 0.3) is 10.1 Å². The SMILES string of the molecule is O=c1c(S(=O)(=O)O)c(-c2ccccc2)oc2cccc(S(=O)(=O)O)c12. The summed E-state index contributed by atoms with van der Waals surface area (Å²) >= 11 is 0. The Morgan fingerprint density at radius 1 is 0.800 bits per heavy atom. The Morgan fingerprint density at radius 3 is 2.00 bits per heavy atom. The van der Waals surface area contributed by atoms with Gasteiger partial charge in [0.1, 0.15) is 10.5 Å². The van der Waals surface area contributed by atoms with Crippen LogP contribution in [0.4, 0.5) is 0 Å². The van der Waals surface area contributed by atoms with Crippen LogP contribution < -0.4 is 5.43 Å². The molecule has 0 unspecified atom stereocenters. The molecule has 0 saturated carbocycles. The lowest BCUT2D eigenvalue weighted by Crippen LogP contribution is -2.18. The first-order valence-electron chi connectivity index (χ1n) is 6.71. The molecule has 130 valence electrons. The molecule has 1 heterocycles. The minimum absolute atomic E-state index is 0.186. The summed E-state index contributed by atoms with van der Waals surface area (Å²) in [6.45, 7) is 0. The number of benzene rings is 2. The molecule has 0 bridgehead atoms. The Hall–Kier alpha value is -2.53. The van der Waals surface area contributed by atoms with E-state index in [1.807, 2.05) is 0 Å². The van der Waals surface area contributed by atoms with Gasteiger partial charge < -0.3 is 4.42 Å². The first-order chi connectivity index (χ1) is 11.6. The molecule has 0 fully saturated rings. The van der Waals surface area contributed by atoms with E-state index in [4.69, 9.17) is 4.42 Å². The van der Waals surface area contributed by atoms with Crippen molar-refractivity contribution in [3.8, 4) is 11.3 Å². The highest BCUT2D eigenvalue weighted by Crippen LogP contribution is 2.30. The van der Waals surface area contributed by atoms with Gasteiger partial charge in [0.2, 0.25) is 5.43 Å². The van der Waals surface area contributed by atoms with E-state index in [-0.39, 0.29) is 11.1 Å². The molecule has 2 aromatic carbocycles. The summed E-state index contributed by atoms with van der Waals surface area (Å²) in [6.07, 6.45) is 0.